The van der Waals surface area contributed by atoms with E-state index in [-0.39, 0.29) is 6.04 Å². The number of rotatable bonds is 4. The fourth-order valence-electron chi connectivity index (χ4n) is 1.92. The first-order chi connectivity index (χ1) is 7.76. The Balaban J connectivity index is 2.82. The minimum Gasteiger partial charge on any atom is -0.480 e. The van der Waals surface area contributed by atoms with E-state index >= 15 is 0 Å². The molecule has 17 heavy (non-hydrogen) atoms. The van der Waals surface area contributed by atoms with Crippen LogP contribution < -0.4 is 0 Å². The summed E-state index contributed by atoms with van der Waals surface area (Å²) in [6.07, 6.45) is 1.72. The van der Waals surface area contributed by atoms with Crippen LogP contribution >= 0.6 is 0 Å². The van der Waals surface area contributed by atoms with Gasteiger partial charge in [0.15, 0.2) is 5.25 Å². The Bertz CT molecular complexity index is 380. The molecule has 0 aromatic carbocycles. The first-order valence-electron chi connectivity index (χ1n) is 5.65. The van der Waals surface area contributed by atoms with E-state index in [0.29, 0.717) is 13.1 Å². The van der Waals surface area contributed by atoms with Gasteiger partial charge in [-0.25, -0.2) is 8.42 Å². The first kappa shape index (κ1) is 14.4. The highest BCUT2D eigenvalue weighted by atomic mass is 32.2. The summed E-state index contributed by atoms with van der Waals surface area (Å²) < 4.78 is 25.3. The van der Waals surface area contributed by atoms with Gasteiger partial charge in [-0.3, -0.25) is 4.79 Å². The Morgan fingerprint density at radius 1 is 1.47 bits per heavy atom. The zero-order valence-electron chi connectivity index (χ0n) is 10.5. The summed E-state index contributed by atoms with van der Waals surface area (Å²) in [5.41, 5.74) is 0. The van der Waals surface area contributed by atoms with E-state index in [1.54, 1.807) is 0 Å². The minimum absolute atomic E-state index is 0.166. The van der Waals surface area contributed by atoms with Gasteiger partial charge in [0, 0.05) is 19.1 Å². The molecule has 0 radical (unpaired) electrons. The van der Waals surface area contributed by atoms with Gasteiger partial charge >= 0.3 is 5.97 Å². The average molecular weight is 264 g/mol. The molecule has 0 spiro atoms. The summed E-state index contributed by atoms with van der Waals surface area (Å²) >= 11 is 0. The van der Waals surface area contributed by atoms with Crippen molar-refractivity contribution in [3.05, 3.63) is 0 Å². The second-order valence-electron chi connectivity index (χ2n) is 4.64. The predicted molar refractivity (Wildman–Crippen MR) is 64.3 cm³/mol. The fourth-order valence-corrected chi connectivity index (χ4v) is 3.39. The third-order valence-corrected chi connectivity index (χ3v) is 5.39. The maximum Gasteiger partial charge on any atom is 0.323 e. The van der Waals surface area contributed by atoms with Gasteiger partial charge < -0.3 is 10.0 Å². The van der Waals surface area contributed by atoms with E-state index < -0.39 is 21.2 Å². The van der Waals surface area contributed by atoms with Gasteiger partial charge in [0.1, 0.15) is 0 Å². The zero-order valence-corrected chi connectivity index (χ0v) is 11.3. The molecule has 7 heteroatoms. The van der Waals surface area contributed by atoms with E-state index in [2.05, 4.69) is 0 Å². The molecule has 0 bridgehead atoms. The number of hydrogen-bond acceptors (Lipinski definition) is 4. The zero-order chi connectivity index (χ0) is 13.2. The Hall–Kier alpha value is -0.660. The monoisotopic (exact) mass is 264 g/mol. The van der Waals surface area contributed by atoms with Crippen LogP contribution in [0, 0.1) is 0 Å². The molecule has 0 saturated carbocycles. The normalized spacial score (nSPS) is 24.8. The highest BCUT2D eigenvalue weighted by Crippen LogP contribution is 2.19. The van der Waals surface area contributed by atoms with Crippen LogP contribution in [0.1, 0.15) is 19.8 Å². The number of carbonyl (C=O) groups is 1. The largest absolute Gasteiger partial charge is 0.480 e. The van der Waals surface area contributed by atoms with Crippen LogP contribution in [0.25, 0.3) is 0 Å². The van der Waals surface area contributed by atoms with Crippen LogP contribution in [0.15, 0.2) is 0 Å². The smallest absolute Gasteiger partial charge is 0.323 e. The molecule has 0 aromatic heterocycles. The van der Waals surface area contributed by atoms with Crippen LogP contribution in [0.2, 0.25) is 0 Å². The van der Waals surface area contributed by atoms with Gasteiger partial charge in [-0.05, 0) is 33.9 Å². The van der Waals surface area contributed by atoms with Crippen molar-refractivity contribution in [2.75, 3.05) is 27.2 Å². The number of piperidine rings is 1. The molecule has 100 valence electrons. The van der Waals surface area contributed by atoms with Gasteiger partial charge in [-0.15, -0.1) is 0 Å². The van der Waals surface area contributed by atoms with Crippen LogP contribution in [0.3, 0.4) is 0 Å². The van der Waals surface area contributed by atoms with Crippen molar-refractivity contribution in [1.82, 2.24) is 9.21 Å². The SMILES string of the molecule is CC(C(=O)O)S(=O)(=O)N1CCCC(N(C)C)C1. The van der Waals surface area contributed by atoms with Crippen molar-refractivity contribution in [2.45, 2.75) is 31.1 Å². The van der Waals surface area contributed by atoms with Crippen LogP contribution in [-0.2, 0) is 14.8 Å². The lowest BCUT2D eigenvalue weighted by Gasteiger charge is -2.36. The second-order valence-corrected chi connectivity index (χ2v) is 6.90. The summed E-state index contributed by atoms with van der Waals surface area (Å²) in [6, 6.07) is 0.166. The quantitative estimate of drug-likeness (QED) is 0.762. The van der Waals surface area contributed by atoms with Gasteiger partial charge in [0.2, 0.25) is 10.0 Å². The van der Waals surface area contributed by atoms with Crippen molar-refractivity contribution in [3.8, 4) is 0 Å². The molecule has 1 N–H and O–H groups in total. The number of nitrogens with zero attached hydrogens (tertiary/aromatic N) is 2. The van der Waals surface area contributed by atoms with Crippen molar-refractivity contribution >= 4 is 16.0 Å². The van der Waals surface area contributed by atoms with Crippen LogP contribution in [0.5, 0.6) is 0 Å². The molecule has 2 atom stereocenters. The van der Waals surface area contributed by atoms with Crippen molar-refractivity contribution in [2.24, 2.45) is 0 Å². The molecule has 0 amide bonds. The number of sulfonamides is 1. The topological polar surface area (TPSA) is 77.9 Å². The average Bonchev–Trinajstić information content (AvgIpc) is 2.28. The maximum absolute atomic E-state index is 12.0. The van der Waals surface area contributed by atoms with E-state index in [4.69, 9.17) is 5.11 Å². The van der Waals surface area contributed by atoms with Crippen LogP contribution in [0.4, 0.5) is 0 Å². The molecular weight excluding hydrogens is 244 g/mol. The summed E-state index contributed by atoms with van der Waals surface area (Å²) in [6.45, 7) is 2.02. The van der Waals surface area contributed by atoms with E-state index in [1.807, 2.05) is 19.0 Å². The lowest BCUT2D eigenvalue weighted by atomic mass is 10.1. The molecule has 6 nitrogen and oxygen atoms in total. The summed E-state index contributed by atoms with van der Waals surface area (Å²) in [5, 5.41) is 7.44. The van der Waals surface area contributed by atoms with Crippen molar-refractivity contribution < 1.29 is 18.3 Å². The number of aliphatic carboxylic acids is 1. The molecule has 2 unspecified atom stereocenters. The number of likely N-dealkylation sites (N-methyl/N-ethyl adjacent to an activating group) is 1. The molecule has 1 aliphatic rings. The Morgan fingerprint density at radius 2 is 2.06 bits per heavy atom. The molecule has 0 aromatic rings. The second kappa shape index (κ2) is 5.32. The molecule has 1 saturated heterocycles. The molecule has 0 aliphatic carbocycles. The van der Waals surface area contributed by atoms with Gasteiger partial charge in [-0.1, -0.05) is 0 Å². The van der Waals surface area contributed by atoms with Crippen LogP contribution in [-0.4, -0.2) is 67.2 Å². The summed E-state index contributed by atoms with van der Waals surface area (Å²) in [4.78, 5) is 12.8. The Kier molecular flexibility index (Phi) is 4.51. The molecular formula is C10H20N2O4S. The Morgan fingerprint density at radius 3 is 2.53 bits per heavy atom. The molecule has 1 fully saturated rings. The number of hydrogen-bond donors (Lipinski definition) is 1. The maximum atomic E-state index is 12.0. The van der Waals surface area contributed by atoms with Gasteiger partial charge in [0.25, 0.3) is 0 Å². The number of carboxylic acids is 1. The lowest BCUT2D eigenvalue weighted by Crippen LogP contribution is -2.50. The van der Waals surface area contributed by atoms with E-state index in [1.165, 1.54) is 11.2 Å². The highest BCUT2D eigenvalue weighted by Gasteiger charge is 2.36. The highest BCUT2D eigenvalue weighted by molar-refractivity contribution is 7.90. The van der Waals surface area contributed by atoms with Gasteiger partial charge in [-0.2, -0.15) is 4.31 Å². The standard InChI is InChI=1S/C10H20N2O4S/c1-8(10(13)14)17(15,16)12-6-4-5-9(7-12)11(2)3/h8-9H,4-7H2,1-3H3,(H,13,14). The molecule has 1 rings (SSSR count). The molecule has 1 heterocycles. The third-order valence-electron chi connectivity index (χ3n) is 3.24. The fraction of sp³-hybridized carbons (Fsp3) is 0.900. The summed E-state index contributed by atoms with van der Waals surface area (Å²) in [5.74, 6) is -1.29. The lowest BCUT2D eigenvalue weighted by molar-refractivity contribution is -0.136. The first-order valence-corrected chi connectivity index (χ1v) is 7.15. The van der Waals surface area contributed by atoms with Crippen molar-refractivity contribution in [3.63, 3.8) is 0 Å². The third kappa shape index (κ3) is 3.17. The van der Waals surface area contributed by atoms with Gasteiger partial charge in [0.05, 0.1) is 0 Å². The molecule has 1 aliphatic heterocycles. The van der Waals surface area contributed by atoms with E-state index in [0.717, 1.165) is 12.8 Å². The predicted octanol–water partition coefficient (Wildman–Crippen LogP) is -0.185. The minimum atomic E-state index is -3.72. The Labute approximate surface area is 102 Å². The number of carboxylic acid groups (broad SMARTS) is 1. The van der Waals surface area contributed by atoms with Crippen molar-refractivity contribution in [1.29, 1.82) is 0 Å². The van der Waals surface area contributed by atoms with E-state index in [9.17, 15) is 13.2 Å². The summed E-state index contributed by atoms with van der Waals surface area (Å²) in [7, 11) is 0.0878.